The number of aromatic nitrogens is 1. The summed E-state index contributed by atoms with van der Waals surface area (Å²) in [4.78, 5) is 3.31. The van der Waals surface area contributed by atoms with Crippen molar-refractivity contribution in [1.82, 2.24) is 4.98 Å². The molecule has 16 heavy (non-hydrogen) atoms. The minimum Gasteiger partial charge on any atom is -0.367 e. The smallest absolute Gasteiger partial charge is 0.218 e. The molecule has 5 heteroatoms. The van der Waals surface area contributed by atoms with Crippen molar-refractivity contribution in [3.63, 3.8) is 0 Å². The van der Waals surface area contributed by atoms with Crippen LogP contribution in [-0.2, 0) is 4.74 Å². The fourth-order valence-corrected chi connectivity index (χ4v) is 1.79. The Morgan fingerprint density at radius 2 is 2.25 bits per heavy atom. The third kappa shape index (κ3) is 2.10. The standard InChI is InChI=1S/C11H12F2N2O/c1-6-2-9(14)10(16-5-6)8-3-7(12)4-15-11(8)13/h3-4,9-10H,1-2,5,14H2/t9-,10+/m0/s1. The fourth-order valence-electron chi connectivity index (χ4n) is 1.79. The van der Waals surface area contributed by atoms with E-state index in [1.807, 2.05) is 0 Å². The Morgan fingerprint density at radius 1 is 1.50 bits per heavy atom. The zero-order valence-corrected chi connectivity index (χ0v) is 8.62. The normalized spacial score (nSPS) is 25.8. The van der Waals surface area contributed by atoms with Crippen molar-refractivity contribution in [2.45, 2.75) is 18.6 Å². The number of nitrogens with zero attached hydrogens (tertiary/aromatic N) is 1. The Morgan fingerprint density at radius 3 is 2.94 bits per heavy atom. The van der Waals surface area contributed by atoms with Gasteiger partial charge in [0.1, 0.15) is 11.9 Å². The highest BCUT2D eigenvalue weighted by atomic mass is 19.1. The highest BCUT2D eigenvalue weighted by Crippen LogP contribution is 2.30. The second-order valence-electron chi connectivity index (χ2n) is 3.88. The van der Waals surface area contributed by atoms with Crippen LogP contribution in [0.1, 0.15) is 18.1 Å². The van der Waals surface area contributed by atoms with Gasteiger partial charge in [0, 0.05) is 11.6 Å². The lowest BCUT2D eigenvalue weighted by molar-refractivity contribution is 0.0239. The van der Waals surface area contributed by atoms with E-state index >= 15 is 0 Å². The lowest BCUT2D eigenvalue weighted by Gasteiger charge is -2.30. The molecule has 1 saturated heterocycles. The first kappa shape index (κ1) is 11.2. The average Bonchev–Trinajstić information content (AvgIpc) is 2.22. The van der Waals surface area contributed by atoms with Gasteiger partial charge in [-0.25, -0.2) is 9.37 Å². The van der Waals surface area contributed by atoms with Gasteiger partial charge in [-0.2, -0.15) is 4.39 Å². The van der Waals surface area contributed by atoms with Crippen LogP contribution in [0.5, 0.6) is 0 Å². The van der Waals surface area contributed by atoms with Crippen LogP contribution in [0.15, 0.2) is 24.4 Å². The SMILES string of the molecule is C=C1CO[C@H](c2cc(F)cnc2F)[C@@H](N)C1. The second kappa shape index (κ2) is 4.27. The molecule has 1 aromatic rings. The number of hydrogen-bond acceptors (Lipinski definition) is 3. The van der Waals surface area contributed by atoms with Crippen LogP contribution in [-0.4, -0.2) is 17.6 Å². The van der Waals surface area contributed by atoms with Crippen molar-refractivity contribution < 1.29 is 13.5 Å². The molecule has 0 aliphatic carbocycles. The predicted molar refractivity (Wildman–Crippen MR) is 54.6 cm³/mol. The van der Waals surface area contributed by atoms with E-state index in [4.69, 9.17) is 10.5 Å². The summed E-state index contributed by atoms with van der Waals surface area (Å²) in [5.74, 6) is -1.34. The average molecular weight is 226 g/mol. The molecule has 2 rings (SSSR count). The number of hydrogen-bond donors (Lipinski definition) is 1. The minimum absolute atomic E-state index is 0.0694. The lowest BCUT2D eigenvalue weighted by Crippen LogP contribution is -2.36. The summed E-state index contributed by atoms with van der Waals surface area (Å²) in [7, 11) is 0. The Hall–Kier alpha value is -1.33. The third-order valence-electron chi connectivity index (χ3n) is 2.52. The summed E-state index contributed by atoms with van der Waals surface area (Å²) in [6, 6.07) is 0.653. The van der Waals surface area contributed by atoms with Gasteiger partial charge in [-0.15, -0.1) is 0 Å². The van der Waals surface area contributed by atoms with E-state index in [1.165, 1.54) is 0 Å². The van der Waals surface area contributed by atoms with Gasteiger partial charge in [-0.05, 0) is 12.5 Å². The zero-order valence-electron chi connectivity index (χ0n) is 8.62. The molecule has 1 aromatic heterocycles. The summed E-state index contributed by atoms with van der Waals surface area (Å²) < 4.78 is 31.7. The van der Waals surface area contributed by atoms with Gasteiger partial charge in [-0.1, -0.05) is 12.2 Å². The second-order valence-corrected chi connectivity index (χ2v) is 3.88. The molecule has 0 bridgehead atoms. The molecule has 1 aliphatic rings. The van der Waals surface area contributed by atoms with Crippen LogP contribution in [0.4, 0.5) is 8.78 Å². The van der Waals surface area contributed by atoms with Crippen LogP contribution in [0.3, 0.4) is 0 Å². The third-order valence-corrected chi connectivity index (χ3v) is 2.52. The fraction of sp³-hybridized carbons (Fsp3) is 0.364. The van der Waals surface area contributed by atoms with Crippen molar-refractivity contribution in [1.29, 1.82) is 0 Å². The largest absolute Gasteiger partial charge is 0.367 e. The van der Waals surface area contributed by atoms with E-state index in [1.54, 1.807) is 0 Å². The van der Waals surface area contributed by atoms with Gasteiger partial charge in [-0.3, -0.25) is 0 Å². The van der Waals surface area contributed by atoms with E-state index in [9.17, 15) is 8.78 Å². The number of rotatable bonds is 1. The van der Waals surface area contributed by atoms with Gasteiger partial charge in [0.05, 0.1) is 12.8 Å². The summed E-state index contributed by atoms with van der Waals surface area (Å²) in [5, 5.41) is 0. The van der Waals surface area contributed by atoms with Gasteiger partial charge >= 0.3 is 0 Å². The molecule has 0 saturated carbocycles. The number of ether oxygens (including phenoxy) is 1. The lowest BCUT2D eigenvalue weighted by atomic mass is 9.95. The number of nitrogens with two attached hydrogens (primary N) is 1. The molecule has 86 valence electrons. The van der Waals surface area contributed by atoms with Crippen molar-refractivity contribution >= 4 is 0 Å². The molecular formula is C11H12F2N2O. The first-order chi connectivity index (χ1) is 7.58. The Kier molecular flexibility index (Phi) is 2.98. The minimum atomic E-state index is -0.741. The van der Waals surface area contributed by atoms with Crippen LogP contribution < -0.4 is 5.73 Å². The monoisotopic (exact) mass is 226 g/mol. The molecule has 1 aliphatic heterocycles. The molecule has 0 amide bonds. The maximum atomic E-state index is 13.4. The summed E-state index contributed by atoms with van der Waals surface area (Å²) in [6.45, 7) is 4.06. The van der Waals surface area contributed by atoms with Crippen LogP contribution in [0, 0.1) is 11.8 Å². The van der Waals surface area contributed by atoms with E-state index in [0.29, 0.717) is 13.0 Å². The number of halogens is 2. The van der Waals surface area contributed by atoms with Gasteiger partial charge in [0.25, 0.3) is 0 Å². The summed E-state index contributed by atoms with van der Waals surface area (Å²) in [5.41, 5.74) is 6.74. The molecule has 0 aromatic carbocycles. The zero-order chi connectivity index (χ0) is 11.7. The highest BCUT2D eigenvalue weighted by molar-refractivity contribution is 5.20. The predicted octanol–water partition coefficient (Wildman–Crippen LogP) is 1.70. The Bertz CT molecular complexity index is 422. The quantitative estimate of drug-likeness (QED) is 0.585. The van der Waals surface area contributed by atoms with Crippen LogP contribution in [0.25, 0.3) is 0 Å². The molecule has 3 nitrogen and oxygen atoms in total. The van der Waals surface area contributed by atoms with Crippen molar-refractivity contribution in [2.24, 2.45) is 5.73 Å². The van der Waals surface area contributed by atoms with Crippen molar-refractivity contribution in [3.05, 3.63) is 41.7 Å². The maximum Gasteiger partial charge on any atom is 0.218 e. The first-order valence-electron chi connectivity index (χ1n) is 4.92. The molecule has 2 atom stereocenters. The van der Waals surface area contributed by atoms with Crippen molar-refractivity contribution in [3.8, 4) is 0 Å². The van der Waals surface area contributed by atoms with E-state index in [0.717, 1.165) is 17.8 Å². The van der Waals surface area contributed by atoms with Crippen LogP contribution >= 0.6 is 0 Å². The number of pyridine rings is 1. The molecule has 2 N–H and O–H groups in total. The molecule has 2 heterocycles. The Balaban J connectivity index is 2.29. The van der Waals surface area contributed by atoms with Gasteiger partial charge in [0.15, 0.2) is 0 Å². The summed E-state index contributed by atoms with van der Waals surface area (Å²) in [6.07, 6.45) is 0.709. The van der Waals surface area contributed by atoms with Crippen LogP contribution in [0.2, 0.25) is 0 Å². The highest BCUT2D eigenvalue weighted by Gasteiger charge is 2.29. The van der Waals surface area contributed by atoms with E-state index in [2.05, 4.69) is 11.6 Å². The first-order valence-corrected chi connectivity index (χ1v) is 4.92. The molecular weight excluding hydrogens is 214 g/mol. The molecule has 1 fully saturated rings. The Labute approximate surface area is 91.9 Å². The van der Waals surface area contributed by atoms with E-state index < -0.39 is 23.9 Å². The maximum absolute atomic E-state index is 13.4. The topological polar surface area (TPSA) is 48.1 Å². The summed E-state index contributed by atoms with van der Waals surface area (Å²) >= 11 is 0. The van der Waals surface area contributed by atoms with Crippen molar-refractivity contribution in [2.75, 3.05) is 6.61 Å². The van der Waals surface area contributed by atoms with Gasteiger partial charge < -0.3 is 10.5 Å². The van der Waals surface area contributed by atoms with E-state index in [-0.39, 0.29) is 5.56 Å². The molecule has 0 spiro atoms. The molecule has 0 radical (unpaired) electrons. The molecule has 0 unspecified atom stereocenters. The van der Waals surface area contributed by atoms with Gasteiger partial charge in [0.2, 0.25) is 5.95 Å².